The highest BCUT2D eigenvalue weighted by molar-refractivity contribution is 7.89. The first-order valence-corrected chi connectivity index (χ1v) is 8.25. The molecular formula is C14H24N2O4S. The van der Waals surface area contributed by atoms with E-state index >= 15 is 0 Å². The van der Waals surface area contributed by atoms with Crippen LogP contribution in [0.15, 0.2) is 23.1 Å². The van der Waals surface area contributed by atoms with Crippen molar-refractivity contribution in [1.29, 1.82) is 0 Å². The molecule has 0 saturated carbocycles. The molecule has 0 aliphatic rings. The molecule has 0 heterocycles. The van der Waals surface area contributed by atoms with Gasteiger partial charge in [0, 0.05) is 26.3 Å². The fraction of sp³-hybridized carbons (Fsp3) is 0.571. The molecule has 7 heteroatoms. The molecule has 1 aromatic rings. The molecular weight excluding hydrogens is 292 g/mol. The predicted molar refractivity (Wildman–Crippen MR) is 82.0 cm³/mol. The summed E-state index contributed by atoms with van der Waals surface area (Å²) in [6.45, 7) is 2.90. The van der Waals surface area contributed by atoms with Gasteiger partial charge in [0.05, 0.1) is 7.11 Å². The second kappa shape index (κ2) is 8.33. The number of rotatable bonds is 9. The van der Waals surface area contributed by atoms with Crippen molar-refractivity contribution in [2.75, 3.05) is 27.9 Å². The van der Waals surface area contributed by atoms with Crippen molar-refractivity contribution >= 4 is 10.0 Å². The van der Waals surface area contributed by atoms with Gasteiger partial charge in [-0.3, -0.25) is 0 Å². The lowest BCUT2D eigenvalue weighted by molar-refractivity contribution is 0.188. The molecule has 21 heavy (non-hydrogen) atoms. The Labute approximate surface area is 126 Å². The van der Waals surface area contributed by atoms with Gasteiger partial charge in [-0.05, 0) is 38.1 Å². The molecule has 0 spiro atoms. The van der Waals surface area contributed by atoms with Crippen molar-refractivity contribution in [3.63, 3.8) is 0 Å². The Kier molecular flexibility index (Phi) is 7.10. The van der Waals surface area contributed by atoms with E-state index in [1.54, 1.807) is 26.2 Å². The van der Waals surface area contributed by atoms with Crippen LogP contribution in [-0.4, -0.2) is 42.3 Å². The van der Waals surface area contributed by atoms with Crippen molar-refractivity contribution < 1.29 is 17.9 Å². The van der Waals surface area contributed by atoms with Crippen LogP contribution in [0.2, 0.25) is 0 Å². The largest absolute Gasteiger partial charge is 0.495 e. The van der Waals surface area contributed by atoms with Crippen LogP contribution in [0, 0.1) is 0 Å². The van der Waals surface area contributed by atoms with Crippen LogP contribution in [0.3, 0.4) is 0 Å². The molecule has 0 aliphatic carbocycles. The summed E-state index contributed by atoms with van der Waals surface area (Å²) < 4.78 is 37.7. The third-order valence-electron chi connectivity index (χ3n) is 3.01. The standard InChI is InChI=1S/C14H24N2O4S/c1-11(7-8-19-3)16-21(17,18)14-9-12(10-15-2)5-6-13(14)20-4/h5-6,9,11,15-16H,7-8,10H2,1-4H3. The molecule has 1 atom stereocenters. The minimum absolute atomic E-state index is 0.155. The summed E-state index contributed by atoms with van der Waals surface area (Å²) in [6, 6.07) is 4.91. The monoisotopic (exact) mass is 316 g/mol. The van der Waals surface area contributed by atoms with Crippen LogP contribution in [0.4, 0.5) is 0 Å². The summed E-state index contributed by atoms with van der Waals surface area (Å²) in [7, 11) is 1.22. The maximum absolute atomic E-state index is 12.5. The molecule has 2 N–H and O–H groups in total. The first-order chi connectivity index (χ1) is 9.94. The summed E-state index contributed by atoms with van der Waals surface area (Å²) in [5.74, 6) is 0.335. The van der Waals surface area contributed by atoms with Gasteiger partial charge < -0.3 is 14.8 Å². The van der Waals surface area contributed by atoms with Crippen LogP contribution in [-0.2, 0) is 21.3 Å². The molecule has 0 saturated heterocycles. The quantitative estimate of drug-likeness (QED) is 0.714. The third-order valence-corrected chi connectivity index (χ3v) is 4.62. The van der Waals surface area contributed by atoms with Gasteiger partial charge >= 0.3 is 0 Å². The summed E-state index contributed by atoms with van der Waals surface area (Å²) in [5, 5.41) is 3.00. The summed E-state index contributed by atoms with van der Waals surface area (Å²) in [6.07, 6.45) is 0.605. The normalized spacial score (nSPS) is 13.1. The van der Waals surface area contributed by atoms with Crippen LogP contribution in [0.25, 0.3) is 0 Å². The molecule has 0 amide bonds. The van der Waals surface area contributed by atoms with E-state index in [2.05, 4.69) is 10.0 Å². The first kappa shape index (κ1) is 17.9. The lowest BCUT2D eigenvalue weighted by atomic mass is 10.2. The molecule has 120 valence electrons. The fourth-order valence-electron chi connectivity index (χ4n) is 1.93. The Morgan fingerprint density at radius 1 is 1.29 bits per heavy atom. The highest BCUT2D eigenvalue weighted by atomic mass is 32.2. The van der Waals surface area contributed by atoms with Gasteiger partial charge in [-0.2, -0.15) is 0 Å². The van der Waals surface area contributed by atoms with Gasteiger partial charge in [0.2, 0.25) is 10.0 Å². The van der Waals surface area contributed by atoms with Crippen LogP contribution in [0.5, 0.6) is 5.75 Å². The minimum atomic E-state index is -3.63. The van der Waals surface area contributed by atoms with Gasteiger partial charge in [-0.15, -0.1) is 0 Å². The zero-order valence-corrected chi connectivity index (χ0v) is 13.8. The van der Waals surface area contributed by atoms with Crippen LogP contribution in [0.1, 0.15) is 18.9 Å². The van der Waals surface area contributed by atoms with Crippen molar-refractivity contribution in [2.24, 2.45) is 0 Å². The lowest BCUT2D eigenvalue weighted by Crippen LogP contribution is -2.33. The molecule has 0 aromatic heterocycles. The molecule has 1 rings (SSSR count). The molecule has 0 radical (unpaired) electrons. The lowest BCUT2D eigenvalue weighted by Gasteiger charge is -2.16. The summed E-state index contributed by atoms with van der Waals surface area (Å²) >= 11 is 0. The predicted octanol–water partition coefficient (Wildman–Crippen LogP) is 1.12. The van der Waals surface area contributed by atoms with Crippen molar-refractivity contribution in [3.05, 3.63) is 23.8 Å². The van der Waals surface area contributed by atoms with Gasteiger partial charge in [-0.1, -0.05) is 6.07 Å². The zero-order valence-electron chi connectivity index (χ0n) is 13.0. The molecule has 1 unspecified atom stereocenters. The van der Waals surface area contributed by atoms with Crippen molar-refractivity contribution in [3.8, 4) is 5.75 Å². The molecule has 6 nitrogen and oxygen atoms in total. The van der Waals surface area contributed by atoms with E-state index in [0.717, 1.165) is 5.56 Å². The summed E-state index contributed by atoms with van der Waals surface area (Å²) in [4.78, 5) is 0.155. The molecule has 0 aliphatic heterocycles. The van der Waals surface area contributed by atoms with E-state index in [9.17, 15) is 8.42 Å². The first-order valence-electron chi connectivity index (χ1n) is 6.77. The van der Waals surface area contributed by atoms with Crippen molar-refractivity contribution in [1.82, 2.24) is 10.0 Å². The average Bonchev–Trinajstić information content (AvgIpc) is 2.45. The van der Waals surface area contributed by atoms with Gasteiger partial charge in [0.25, 0.3) is 0 Å². The zero-order chi connectivity index (χ0) is 15.9. The molecule has 0 bridgehead atoms. The van der Waals surface area contributed by atoms with E-state index < -0.39 is 10.0 Å². The van der Waals surface area contributed by atoms with Crippen LogP contribution < -0.4 is 14.8 Å². The fourth-order valence-corrected chi connectivity index (χ4v) is 3.42. The summed E-state index contributed by atoms with van der Waals surface area (Å²) in [5.41, 5.74) is 0.878. The Hall–Kier alpha value is -1.15. The number of benzene rings is 1. The number of nitrogens with one attached hydrogen (secondary N) is 2. The Balaban J connectivity index is 3.02. The Morgan fingerprint density at radius 2 is 2.00 bits per heavy atom. The van der Waals surface area contributed by atoms with E-state index in [4.69, 9.17) is 9.47 Å². The van der Waals surface area contributed by atoms with Crippen LogP contribution >= 0.6 is 0 Å². The maximum Gasteiger partial charge on any atom is 0.244 e. The molecule has 1 aromatic carbocycles. The average molecular weight is 316 g/mol. The van der Waals surface area contributed by atoms with E-state index in [0.29, 0.717) is 25.3 Å². The topological polar surface area (TPSA) is 76.7 Å². The molecule has 0 fully saturated rings. The SMILES string of the molecule is CNCc1ccc(OC)c(S(=O)(=O)NC(C)CCOC)c1. The maximum atomic E-state index is 12.5. The van der Waals surface area contributed by atoms with Crippen molar-refractivity contribution in [2.45, 2.75) is 30.8 Å². The number of methoxy groups -OCH3 is 2. The Bertz CT molecular complexity index is 546. The van der Waals surface area contributed by atoms with Gasteiger partial charge in [-0.25, -0.2) is 13.1 Å². The highest BCUT2D eigenvalue weighted by Crippen LogP contribution is 2.25. The third kappa shape index (κ3) is 5.28. The van der Waals surface area contributed by atoms with E-state index in [1.807, 2.05) is 13.1 Å². The number of hydrogen-bond donors (Lipinski definition) is 2. The number of ether oxygens (including phenoxy) is 2. The van der Waals surface area contributed by atoms with Gasteiger partial charge in [0.15, 0.2) is 0 Å². The Morgan fingerprint density at radius 3 is 2.57 bits per heavy atom. The minimum Gasteiger partial charge on any atom is -0.495 e. The van der Waals surface area contributed by atoms with E-state index in [1.165, 1.54) is 7.11 Å². The van der Waals surface area contributed by atoms with E-state index in [-0.39, 0.29) is 10.9 Å². The number of hydrogen-bond acceptors (Lipinski definition) is 5. The highest BCUT2D eigenvalue weighted by Gasteiger charge is 2.22. The second-order valence-electron chi connectivity index (χ2n) is 4.82. The van der Waals surface area contributed by atoms with Gasteiger partial charge in [0.1, 0.15) is 10.6 Å². The second-order valence-corrected chi connectivity index (χ2v) is 6.50. The number of sulfonamides is 1. The smallest absolute Gasteiger partial charge is 0.244 e.